The molecule has 1 aromatic carbocycles. The lowest BCUT2D eigenvalue weighted by Crippen LogP contribution is -2.41. The Morgan fingerprint density at radius 1 is 1.13 bits per heavy atom. The second-order valence-electron chi connectivity index (χ2n) is 6.36. The summed E-state index contributed by atoms with van der Waals surface area (Å²) in [6, 6.07) is 9.75. The first-order chi connectivity index (χ1) is 11.2. The van der Waals surface area contributed by atoms with Crippen molar-refractivity contribution >= 4 is 11.6 Å². The molecular formula is C18H21N3O2. The number of carbonyl (C=O) groups is 1. The van der Waals surface area contributed by atoms with Gasteiger partial charge in [0.1, 0.15) is 0 Å². The molecule has 3 aliphatic rings. The summed E-state index contributed by atoms with van der Waals surface area (Å²) < 4.78 is 5.58. The maximum atomic E-state index is 13.1. The average Bonchev–Trinajstić information content (AvgIpc) is 2.87. The Bertz CT molecular complexity index is 717. The summed E-state index contributed by atoms with van der Waals surface area (Å²) in [5.74, 6) is 0.428. The maximum absolute atomic E-state index is 13.1. The molecule has 0 unspecified atom stereocenters. The third-order valence-corrected chi connectivity index (χ3v) is 4.97. The fraction of sp³-hybridized carbons (Fsp3) is 0.389. The second-order valence-corrected chi connectivity index (χ2v) is 6.36. The van der Waals surface area contributed by atoms with Crippen LogP contribution in [0.25, 0.3) is 11.1 Å². The molecule has 0 aliphatic carbocycles. The molecule has 3 aliphatic heterocycles. The van der Waals surface area contributed by atoms with Gasteiger partial charge in [0.2, 0.25) is 0 Å². The number of nitrogen functional groups attached to an aromatic ring is 1. The minimum absolute atomic E-state index is 0.00109. The Morgan fingerprint density at radius 2 is 1.96 bits per heavy atom. The smallest absolute Gasteiger partial charge is 0.290 e. The van der Waals surface area contributed by atoms with Crippen molar-refractivity contribution in [3.05, 3.63) is 42.4 Å². The number of anilines is 1. The van der Waals surface area contributed by atoms with Crippen molar-refractivity contribution < 1.29 is 9.21 Å². The lowest BCUT2D eigenvalue weighted by molar-refractivity contribution is 0.0653. The number of carbonyl (C=O) groups excluding carboxylic acids is 1. The predicted octanol–water partition coefficient (Wildman–Crippen LogP) is 2.45. The zero-order chi connectivity index (χ0) is 15.8. The molecule has 2 aromatic rings. The number of nitrogens with two attached hydrogens (primary N) is 1. The first-order valence-electron chi connectivity index (χ1n) is 8.19. The molecular weight excluding hydrogens is 290 g/mol. The number of nitrogens with zero attached hydrogens (tertiary/aromatic N) is 2. The normalized spacial score (nSPS) is 23.7. The van der Waals surface area contributed by atoms with Crippen molar-refractivity contribution in [1.82, 2.24) is 9.80 Å². The first kappa shape index (κ1) is 14.3. The number of fused-ring (bicyclic) bond motifs is 4. The Morgan fingerprint density at radius 3 is 2.74 bits per heavy atom. The molecule has 2 bridgehead atoms. The first-order valence-corrected chi connectivity index (χ1v) is 8.19. The van der Waals surface area contributed by atoms with Gasteiger partial charge in [0.25, 0.3) is 5.91 Å². The van der Waals surface area contributed by atoms with Crippen LogP contribution in [0.15, 0.2) is 41.0 Å². The minimum atomic E-state index is 0.00109. The van der Waals surface area contributed by atoms with Crippen LogP contribution in [-0.4, -0.2) is 47.9 Å². The molecule has 5 rings (SSSR count). The van der Waals surface area contributed by atoms with E-state index in [-0.39, 0.29) is 5.91 Å². The van der Waals surface area contributed by atoms with Gasteiger partial charge in [-0.05, 0) is 36.6 Å². The van der Waals surface area contributed by atoms with E-state index >= 15 is 0 Å². The van der Waals surface area contributed by atoms with E-state index in [0.29, 0.717) is 17.5 Å². The Kier molecular flexibility index (Phi) is 3.58. The van der Waals surface area contributed by atoms with Crippen LogP contribution in [0.4, 0.5) is 5.69 Å². The van der Waals surface area contributed by atoms with E-state index in [1.165, 1.54) is 0 Å². The van der Waals surface area contributed by atoms with Crippen LogP contribution in [0.5, 0.6) is 0 Å². The van der Waals surface area contributed by atoms with Crippen LogP contribution < -0.4 is 5.73 Å². The molecule has 120 valence electrons. The summed E-state index contributed by atoms with van der Waals surface area (Å²) in [5, 5.41) is 0. The lowest BCUT2D eigenvalue weighted by Gasteiger charge is -2.31. The number of rotatable bonds is 2. The van der Waals surface area contributed by atoms with Crippen molar-refractivity contribution in [2.75, 3.05) is 31.9 Å². The highest BCUT2D eigenvalue weighted by atomic mass is 16.3. The van der Waals surface area contributed by atoms with E-state index in [4.69, 9.17) is 10.2 Å². The van der Waals surface area contributed by atoms with Crippen molar-refractivity contribution in [3.8, 4) is 11.1 Å². The Balaban J connectivity index is 1.66. The van der Waals surface area contributed by atoms with Crippen LogP contribution >= 0.6 is 0 Å². The average molecular weight is 311 g/mol. The lowest BCUT2D eigenvalue weighted by atomic mass is 10.0. The van der Waals surface area contributed by atoms with Crippen molar-refractivity contribution in [1.29, 1.82) is 0 Å². The predicted molar refractivity (Wildman–Crippen MR) is 89.1 cm³/mol. The van der Waals surface area contributed by atoms with Gasteiger partial charge in [0.15, 0.2) is 5.76 Å². The van der Waals surface area contributed by atoms with Gasteiger partial charge < -0.3 is 20.0 Å². The van der Waals surface area contributed by atoms with E-state index in [1.54, 1.807) is 6.26 Å². The minimum Gasteiger partial charge on any atom is -0.459 e. The number of benzene rings is 1. The fourth-order valence-electron chi connectivity index (χ4n) is 3.69. The second kappa shape index (κ2) is 5.74. The van der Waals surface area contributed by atoms with Gasteiger partial charge in [-0.3, -0.25) is 4.79 Å². The van der Waals surface area contributed by atoms with Gasteiger partial charge in [-0.15, -0.1) is 0 Å². The monoisotopic (exact) mass is 311 g/mol. The Labute approximate surface area is 135 Å². The molecule has 5 nitrogen and oxygen atoms in total. The zero-order valence-corrected chi connectivity index (χ0v) is 13.1. The summed E-state index contributed by atoms with van der Waals surface area (Å²) in [5.41, 5.74) is 8.30. The molecule has 1 aromatic heterocycles. The zero-order valence-electron chi connectivity index (χ0n) is 13.1. The third kappa shape index (κ3) is 2.61. The molecule has 3 saturated heterocycles. The van der Waals surface area contributed by atoms with Crippen LogP contribution in [0, 0.1) is 0 Å². The number of piperidine rings is 1. The molecule has 0 spiro atoms. The van der Waals surface area contributed by atoms with Crippen molar-refractivity contribution in [2.24, 2.45) is 0 Å². The molecule has 23 heavy (non-hydrogen) atoms. The van der Waals surface area contributed by atoms with E-state index in [0.717, 1.165) is 50.1 Å². The van der Waals surface area contributed by atoms with Crippen molar-refractivity contribution in [2.45, 2.75) is 18.9 Å². The molecule has 0 radical (unpaired) electrons. The molecule has 5 heteroatoms. The molecule has 1 amide bonds. The summed E-state index contributed by atoms with van der Waals surface area (Å²) >= 11 is 0. The molecule has 2 N–H and O–H groups in total. The van der Waals surface area contributed by atoms with Crippen LogP contribution in [0.1, 0.15) is 23.4 Å². The fourth-order valence-corrected chi connectivity index (χ4v) is 3.69. The summed E-state index contributed by atoms with van der Waals surface area (Å²) in [4.78, 5) is 17.5. The highest BCUT2D eigenvalue weighted by molar-refractivity contribution is 5.98. The number of hydrogen-bond acceptors (Lipinski definition) is 4. The Hall–Kier alpha value is -2.27. The molecule has 0 saturated carbocycles. The largest absolute Gasteiger partial charge is 0.459 e. The molecule has 4 heterocycles. The summed E-state index contributed by atoms with van der Waals surface area (Å²) in [7, 11) is 0. The van der Waals surface area contributed by atoms with Crippen LogP contribution in [0.3, 0.4) is 0 Å². The number of furan rings is 1. The van der Waals surface area contributed by atoms with Gasteiger partial charge in [0.05, 0.1) is 6.26 Å². The van der Waals surface area contributed by atoms with Crippen LogP contribution in [0.2, 0.25) is 0 Å². The van der Waals surface area contributed by atoms with E-state index in [2.05, 4.69) is 4.90 Å². The van der Waals surface area contributed by atoms with Gasteiger partial charge in [-0.2, -0.15) is 0 Å². The van der Waals surface area contributed by atoms with E-state index < -0.39 is 0 Å². The third-order valence-electron chi connectivity index (χ3n) is 4.97. The van der Waals surface area contributed by atoms with Gasteiger partial charge >= 0.3 is 0 Å². The highest BCUT2D eigenvalue weighted by Crippen LogP contribution is 2.29. The molecule has 0 atom stereocenters. The summed E-state index contributed by atoms with van der Waals surface area (Å²) in [6.45, 7) is 3.92. The van der Waals surface area contributed by atoms with E-state index in [1.807, 2.05) is 35.2 Å². The van der Waals surface area contributed by atoms with Gasteiger partial charge in [0, 0.05) is 43.5 Å². The topological polar surface area (TPSA) is 62.7 Å². The number of amides is 1. The molecule has 3 fully saturated rings. The van der Waals surface area contributed by atoms with Gasteiger partial charge in [-0.25, -0.2) is 0 Å². The highest BCUT2D eigenvalue weighted by Gasteiger charge is 2.34. The van der Waals surface area contributed by atoms with Crippen LogP contribution in [-0.2, 0) is 0 Å². The maximum Gasteiger partial charge on any atom is 0.290 e. The van der Waals surface area contributed by atoms with E-state index in [9.17, 15) is 4.79 Å². The quantitative estimate of drug-likeness (QED) is 0.865. The van der Waals surface area contributed by atoms with Gasteiger partial charge in [-0.1, -0.05) is 12.1 Å². The standard InChI is InChI=1S/C18H21N3O2/c19-14-3-1-2-13(12-14)16-6-11-23-17(16)18(22)21-10-9-20-7-4-15(21)5-8-20/h1-3,6,11-12,15H,4-5,7-10,19H2. The summed E-state index contributed by atoms with van der Waals surface area (Å²) in [6.07, 6.45) is 3.70. The van der Waals surface area contributed by atoms with Crippen molar-refractivity contribution in [3.63, 3.8) is 0 Å². The number of hydrogen-bond donors (Lipinski definition) is 1. The SMILES string of the molecule is Nc1cccc(-c2ccoc2C(=O)N2CCN3CCC2CC3)c1.